The molecule has 4 aliphatic rings. The molecular weight excluding hydrogens is 396 g/mol. The van der Waals surface area contributed by atoms with Crippen molar-refractivity contribution < 1.29 is 29.6 Å². The Kier molecular flexibility index (Phi) is 5.12. The van der Waals surface area contributed by atoms with Crippen molar-refractivity contribution in [1.82, 2.24) is 0 Å². The van der Waals surface area contributed by atoms with Gasteiger partial charge in [-0.05, 0) is 76.9 Å². The number of esters is 1. The van der Waals surface area contributed by atoms with Crippen LogP contribution in [0.1, 0.15) is 66.7 Å². The average Bonchev–Trinajstić information content (AvgIpc) is 2.91. The van der Waals surface area contributed by atoms with Crippen molar-refractivity contribution in [1.29, 1.82) is 0 Å². The zero-order valence-corrected chi connectivity index (χ0v) is 19.2. The number of ketones is 1. The number of aliphatic hydroxyl groups is 3. The van der Waals surface area contributed by atoms with Crippen molar-refractivity contribution in [2.24, 2.45) is 28.6 Å². The molecule has 0 heterocycles. The van der Waals surface area contributed by atoms with Crippen molar-refractivity contribution in [3.8, 4) is 0 Å². The molecule has 4 aliphatic carbocycles. The Morgan fingerprint density at radius 1 is 1.26 bits per heavy atom. The molecule has 31 heavy (non-hydrogen) atoms. The number of allylic oxidation sites excluding steroid dienone is 4. The fraction of sp³-hybridized carbons (Fsp3) is 0.760. The van der Waals surface area contributed by atoms with Crippen LogP contribution >= 0.6 is 0 Å². The number of ether oxygens (including phenoxy) is 1. The van der Waals surface area contributed by atoms with Gasteiger partial charge < -0.3 is 20.1 Å². The van der Waals surface area contributed by atoms with Crippen LogP contribution in [0.25, 0.3) is 0 Å². The summed E-state index contributed by atoms with van der Waals surface area (Å²) in [7, 11) is 0. The summed E-state index contributed by atoms with van der Waals surface area (Å²) < 4.78 is 5.37. The van der Waals surface area contributed by atoms with E-state index in [1.807, 2.05) is 13.0 Å². The Bertz CT molecular complexity index is 853. The standard InChI is InChI=1S/C25H36O6/c1-22(2,3)31-21(29)20(28)25(30)11-9-17-16-7-6-14-12-15(26)8-10-23(14,4)19(16)18(27)13-24(17,25)5/h8,10,12,16-20,27-28,30H,6-7,9,11,13H2,1-5H3/t16-,17-,18-,19+,20?,23-,24-,25-/m0/s1. The van der Waals surface area contributed by atoms with E-state index in [1.165, 1.54) is 0 Å². The Morgan fingerprint density at radius 3 is 2.58 bits per heavy atom. The second-order valence-electron chi connectivity index (χ2n) is 11.6. The van der Waals surface area contributed by atoms with E-state index in [0.29, 0.717) is 12.8 Å². The van der Waals surface area contributed by atoms with E-state index in [0.717, 1.165) is 18.4 Å². The van der Waals surface area contributed by atoms with Gasteiger partial charge in [0.05, 0.1) is 6.10 Å². The molecule has 6 nitrogen and oxygen atoms in total. The molecule has 0 aliphatic heterocycles. The molecule has 0 bridgehead atoms. The lowest BCUT2D eigenvalue weighted by Crippen LogP contribution is -2.63. The molecule has 0 saturated heterocycles. The molecule has 6 heteroatoms. The van der Waals surface area contributed by atoms with E-state index < -0.39 is 34.8 Å². The maximum absolute atomic E-state index is 12.7. The van der Waals surface area contributed by atoms with Gasteiger partial charge in [-0.3, -0.25) is 4.79 Å². The van der Waals surface area contributed by atoms with Gasteiger partial charge in [0, 0.05) is 16.7 Å². The molecule has 1 unspecified atom stereocenters. The number of aliphatic hydroxyl groups excluding tert-OH is 2. The van der Waals surface area contributed by atoms with Crippen LogP contribution in [0.4, 0.5) is 0 Å². The van der Waals surface area contributed by atoms with Crippen LogP contribution in [0.3, 0.4) is 0 Å². The summed E-state index contributed by atoms with van der Waals surface area (Å²) in [5, 5.41) is 34.0. The van der Waals surface area contributed by atoms with Gasteiger partial charge in [0.1, 0.15) is 11.2 Å². The summed E-state index contributed by atoms with van der Waals surface area (Å²) in [6.45, 7) is 9.19. The molecule has 0 aromatic rings. The number of hydrogen-bond donors (Lipinski definition) is 3. The largest absolute Gasteiger partial charge is 0.458 e. The first-order valence-electron chi connectivity index (χ1n) is 11.5. The maximum atomic E-state index is 12.7. The summed E-state index contributed by atoms with van der Waals surface area (Å²) in [6, 6.07) is 0. The number of fused-ring (bicyclic) bond motifs is 5. The lowest BCUT2D eigenvalue weighted by Gasteiger charge is -2.60. The quantitative estimate of drug-likeness (QED) is 0.580. The van der Waals surface area contributed by atoms with Gasteiger partial charge >= 0.3 is 5.97 Å². The predicted molar refractivity (Wildman–Crippen MR) is 115 cm³/mol. The van der Waals surface area contributed by atoms with Crippen LogP contribution in [0.15, 0.2) is 23.8 Å². The molecule has 8 atom stereocenters. The highest BCUT2D eigenvalue weighted by Crippen LogP contribution is 2.67. The SMILES string of the molecule is CC(C)(C)OC(=O)C(O)[C@@]1(O)CC[C@H]2[C@@H]3CCC4=CC(=O)C=C[C@]4(C)[C@H]3[C@@H](O)C[C@@]21C. The molecule has 172 valence electrons. The Hall–Kier alpha value is -1.50. The van der Waals surface area contributed by atoms with Gasteiger partial charge in [-0.15, -0.1) is 0 Å². The molecule has 0 aromatic heterocycles. The van der Waals surface area contributed by atoms with Gasteiger partial charge in [-0.2, -0.15) is 0 Å². The second kappa shape index (κ2) is 7.00. The third kappa shape index (κ3) is 3.25. The second-order valence-corrected chi connectivity index (χ2v) is 11.6. The fourth-order valence-electron chi connectivity index (χ4n) is 7.37. The fourth-order valence-corrected chi connectivity index (χ4v) is 7.37. The average molecular weight is 433 g/mol. The number of rotatable bonds is 2. The minimum absolute atomic E-state index is 0.00297. The van der Waals surface area contributed by atoms with E-state index in [1.54, 1.807) is 32.9 Å². The van der Waals surface area contributed by atoms with Gasteiger partial charge in [0.2, 0.25) is 0 Å². The maximum Gasteiger partial charge on any atom is 0.338 e. The van der Waals surface area contributed by atoms with Crippen molar-refractivity contribution in [2.45, 2.75) is 90.1 Å². The lowest BCUT2D eigenvalue weighted by atomic mass is 9.46. The van der Waals surface area contributed by atoms with Crippen LogP contribution in [0, 0.1) is 28.6 Å². The van der Waals surface area contributed by atoms with Crippen LogP contribution in [-0.4, -0.2) is 50.5 Å². The van der Waals surface area contributed by atoms with Crippen molar-refractivity contribution in [3.63, 3.8) is 0 Å². The molecule has 0 amide bonds. The highest BCUT2D eigenvalue weighted by atomic mass is 16.6. The number of hydrogen-bond acceptors (Lipinski definition) is 6. The van der Waals surface area contributed by atoms with E-state index >= 15 is 0 Å². The Morgan fingerprint density at radius 2 is 1.94 bits per heavy atom. The first-order valence-corrected chi connectivity index (χ1v) is 11.5. The van der Waals surface area contributed by atoms with Gasteiger partial charge in [-0.1, -0.05) is 25.5 Å². The van der Waals surface area contributed by atoms with Crippen molar-refractivity contribution in [2.75, 3.05) is 0 Å². The van der Waals surface area contributed by atoms with Crippen LogP contribution in [0.2, 0.25) is 0 Å². The Labute approximate surface area is 184 Å². The van der Waals surface area contributed by atoms with Crippen LogP contribution in [0.5, 0.6) is 0 Å². The summed E-state index contributed by atoms with van der Waals surface area (Å²) in [5.41, 5.74) is -2.54. The third-order valence-corrected chi connectivity index (χ3v) is 8.79. The smallest absolute Gasteiger partial charge is 0.338 e. The molecule has 4 rings (SSSR count). The van der Waals surface area contributed by atoms with Crippen LogP contribution < -0.4 is 0 Å². The highest BCUT2D eigenvalue weighted by Gasteiger charge is 2.69. The molecule has 3 saturated carbocycles. The zero-order chi connectivity index (χ0) is 23.0. The van der Waals surface area contributed by atoms with E-state index in [4.69, 9.17) is 4.74 Å². The van der Waals surface area contributed by atoms with E-state index in [9.17, 15) is 24.9 Å². The zero-order valence-electron chi connectivity index (χ0n) is 19.2. The van der Waals surface area contributed by atoms with Crippen molar-refractivity contribution >= 4 is 11.8 Å². The van der Waals surface area contributed by atoms with E-state index in [-0.39, 0.29) is 35.4 Å². The summed E-state index contributed by atoms with van der Waals surface area (Å²) in [5.74, 6) is -0.684. The van der Waals surface area contributed by atoms with Gasteiger partial charge in [0.15, 0.2) is 11.9 Å². The summed E-state index contributed by atoms with van der Waals surface area (Å²) >= 11 is 0. The molecule has 0 radical (unpaired) electrons. The first-order chi connectivity index (χ1) is 14.2. The molecule has 0 aromatic carbocycles. The summed E-state index contributed by atoms with van der Waals surface area (Å²) in [4.78, 5) is 24.6. The summed E-state index contributed by atoms with van der Waals surface area (Å²) in [6.07, 6.45) is 5.75. The van der Waals surface area contributed by atoms with Gasteiger partial charge in [0.25, 0.3) is 0 Å². The number of carbonyl (C=O) groups is 2. The molecule has 3 fully saturated rings. The predicted octanol–water partition coefficient (Wildman–Crippen LogP) is 2.70. The number of carbonyl (C=O) groups excluding carboxylic acids is 2. The Balaban J connectivity index is 1.66. The highest BCUT2D eigenvalue weighted by molar-refractivity contribution is 6.01. The van der Waals surface area contributed by atoms with Gasteiger partial charge in [-0.25, -0.2) is 4.79 Å². The molecule has 0 spiro atoms. The molecular formula is C25H36O6. The van der Waals surface area contributed by atoms with Crippen molar-refractivity contribution in [3.05, 3.63) is 23.8 Å². The monoisotopic (exact) mass is 432 g/mol. The minimum Gasteiger partial charge on any atom is -0.458 e. The third-order valence-electron chi connectivity index (χ3n) is 8.79. The topological polar surface area (TPSA) is 104 Å². The lowest BCUT2D eigenvalue weighted by molar-refractivity contribution is -0.215. The first kappa shape index (κ1) is 22.7. The molecule has 3 N–H and O–H groups in total. The van der Waals surface area contributed by atoms with E-state index in [2.05, 4.69) is 6.92 Å². The minimum atomic E-state index is -1.66. The van der Waals surface area contributed by atoms with Crippen LogP contribution in [-0.2, 0) is 14.3 Å². The normalized spacial score (nSPS) is 45.3.